The molecule has 1 heterocycles. The standard InChI is InChI=1S/C10H9IN2O2/c1-6-3-4-8(7(2)5-6)13-9(11)10(14)15-12-13/h3-5H,1-2H3. The number of aromatic nitrogens is 2. The minimum atomic E-state index is -0.407. The zero-order valence-corrected chi connectivity index (χ0v) is 10.5. The van der Waals surface area contributed by atoms with Crippen LogP contribution < -0.4 is 9.79 Å². The summed E-state index contributed by atoms with van der Waals surface area (Å²) in [6.45, 7) is 4.00. The lowest BCUT2D eigenvalue weighted by Gasteiger charge is -1.97. The first-order chi connectivity index (χ1) is 7.09. The van der Waals surface area contributed by atoms with E-state index in [2.05, 4.69) is 9.79 Å². The third-order valence-electron chi connectivity index (χ3n) is 2.14. The van der Waals surface area contributed by atoms with E-state index in [9.17, 15) is 5.11 Å². The van der Waals surface area contributed by atoms with Gasteiger partial charge in [0, 0.05) is 34.2 Å². The number of hydrogen-bond donors (Lipinski definition) is 0. The van der Waals surface area contributed by atoms with Gasteiger partial charge in [-0.05, 0) is 24.6 Å². The van der Waals surface area contributed by atoms with Gasteiger partial charge < -0.3 is 9.63 Å². The molecule has 1 aromatic carbocycles. The van der Waals surface area contributed by atoms with E-state index in [-0.39, 0.29) is 0 Å². The molecule has 0 saturated carbocycles. The van der Waals surface area contributed by atoms with Crippen molar-refractivity contribution in [3.8, 4) is 11.6 Å². The molecule has 0 radical (unpaired) electrons. The van der Waals surface area contributed by atoms with E-state index in [4.69, 9.17) is 0 Å². The highest BCUT2D eigenvalue weighted by atomic mass is 127. The molecule has 0 bridgehead atoms. The van der Waals surface area contributed by atoms with Crippen LogP contribution in [0.1, 0.15) is 11.1 Å². The Balaban J connectivity index is 2.59. The van der Waals surface area contributed by atoms with Crippen molar-refractivity contribution in [1.29, 1.82) is 0 Å². The van der Waals surface area contributed by atoms with Crippen molar-refractivity contribution in [2.24, 2.45) is 0 Å². The molecule has 0 atom stereocenters. The van der Waals surface area contributed by atoms with Crippen LogP contribution >= 0.6 is 22.6 Å². The second-order valence-electron chi connectivity index (χ2n) is 3.35. The van der Waals surface area contributed by atoms with Crippen LogP contribution in [0, 0.1) is 17.5 Å². The number of rotatable bonds is 1. The Kier molecular flexibility index (Phi) is 2.64. The molecule has 0 aliphatic heterocycles. The van der Waals surface area contributed by atoms with Gasteiger partial charge in [-0.3, -0.25) is 0 Å². The first-order valence-corrected chi connectivity index (χ1v) is 5.49. The highest BCUT2D eigenvalue weighted by Crippen LogP contribution is 2.15. The van der Waals surface area contributed by atoms with Crippen LogP contribution in [0.5, 0.6) is 5.95 Å². The van der Waals surface area contributed by atoms with Crippen molar-refractivity contribution >= 4 is 22.6 Å². The fraction of sp³-hybridized carbons (Fsp3) is 0.200. The smallest absolute Gasteiger partial charge is 0.298 e. The lowest BCUT2D eigenvalue weighted by atomic mass is 10.1. The highest BCUT2D eigenvalue weighted by molar-refractivity contribution is 14.1. The summed E-state index contributed by atoms with van der Waals surface area (Å²) in [5, 5.41) is 14.8. The molecule has 0 aliphatic carbocycles. The molecule has 0 spiro atoms. The Morgan fingerprint density at radius 1 is 1.40 bits per heavy atom. The topological polar surface area (TPSA) is 53.0 Å². The molecule has 1 aromatic heterocycles. The normalized spacial score (nSPS) is 10.6. The maximum atomic E-state index is 11.1. The first kappa shape index (κ1) is 10.4. The second kappa shape index (κ2) is 3.80. The van der Waals surface area contributed by atoms with Gasteiger partial charge in [-0.25, -0.2) is 0 Å². The summed E-state index contributed by atoms with van der Waals surface area (Å²) >= 11 is 1.92. The van der Waals surface area contributed by atoms with Gasteiger partial charge in [0.25, 0.3) is 3.70 Å². The predicted molar refractivity (Wildman–Crippen MR) is 59.7 cm³/mol. The predicted octanol–water partition coefficient (Wildman–Crippen LogP) is 1.25. The van der Waals surface area contributed by atoms with Gasteiger partial charge >= 0.3 is 0 Å². The van der Waals surface area contributed by atoms with Crippen LogP contribution in [0.15, 0.2) is 22.7 Å². The molecule has 2 aromatic rings. The molecule has 0 N–H and O–H groups in total. The van der Waals surface area contributed by atoms with E-state index in [0.717, 1.165) is 11.3 Å². The Morgan fingerprint density at radius 3 is 2.67 bits per heavy atom. The third-order valence-corrected chi connectivity index (χ3v) is 3.04. The van der Waals surface area contributed by atoms with Gasteiger partial charge in [0.05, 0.1) is 5.27 Å². The maximum Gasteiger partial charge on any atom is 0.298 e. The van der Waals surface area contributed by atoms with E-state index in [1.165, 1.54) is 10.2 Å². The van der Waals surface area contributed by atoms with E-state index in [1.54, 1.807) is 0 Å². The van der Waals surface area contributed by atoms with Gasteiger partial charge in [-0.15, -0.1) is 0 Å². The molecule has 5 heteroatoms. The minimum absolute atomic E-state index is 0.407. The Labute approximate surface area is 101 Å². The van der Waals surface area contributed by atoms with Gasteiger partial charge in [0.2, 0.25) is 5.69 Å². The number of benzene rings is 1. The molecule has 0 amide bonds. The SMILES string of the molecule is Cc1ccc(-[n+]2noc([O-])c2I)c(C)c1. The van der Waals surface area contributed by atoms with Crippen molar-refractivity contribution in [3.05, 3.63) is 33.0 Å². The van der Waals surface area contributed by atoms with Gasteiger partial charge in [-0.2, -0.15) is 0 Å². The molecule has 0 aliphatic rings. The van der Waals surface area contributed by atoms with Crippen LogP contribution in [0.4, 0.5) is 0 Å². The monoisotopic (exact) mass is 316 g/mol. The van der Waals surface area contributed by atoms with E-state index >= 15 is 0 Å². The van der Waals surface area contributed by atoms with Crippen molar-refractivity contribution in [1.82, 2.24) is 5.27 Å². The van der Waals surface area contributed by atoms with E-state index < -0.39 is 5.95 Å². The molecule has 78 valence electrons. The molecular formula is C10H9IN2O2. The zero-order valence-electron chi connectivity index (χ0n) is 8.32. The van der Waals surface area contributed by atoms with Crippen molar-refractivity contribution in [2.75, 3.05) is 0 Å². The van der Waals surface area contributed by atoms with Gasteiger partial charge in [0.1, 0.15) is 0 Å². The maximum absolute atomic E-state index is 11.1. The van der Waals surface area contributed by atoms with Gasteiger partial charge in [0.15, 0.2) is 5.95 Å². The summed E-state index contributed by atoms with van der Waals surface area (Å²) in [4.78, 5) is 0. The molecule has 0 fully saturated rings. The van der Waals surface area contributed by atoms with Crippen LogP contribution in [0.2, 0.25) is 0 Å². The van der Waals surface area contributed by atoms with Crippen LogP contribution in [-0.2, 0) is 0 Å². The number of nitrogens with zero attached hydrogens (tertiary/aromatic N) is 2. The lowest BCUT2D eigenvalue weighted by Crippen LogP contribution is -2.36. The molecule has 0 unspecified atom stereocenters. The Hall–Kier alpha value is -1.11. The fourth-order valence-electron chi connectivity index (χ4n) is 1.43. The lowest BCUT2D eigenvalue weighted by molar-refractivity contribution is -0.682. The number of aryl methyl sites for hydroxylation is 2. The number of halogens is 1. The average molecular weight is 316 g/mol. The largest absolute Gasteiger partial charge is 0.538 e. The van der Waals surface area contributed by atoms with E-state index in [1.807, 2.05) is 54.6 Å². The first-order valence-electron chi connectivity index (χ1n) is 4.42. The molecule has 2 rings (SSSR count). The van der Waals surface area contributed by atoms with E-state index in [0.29, 0.717) is 3.70 Å². The number of hydrogen-bond acceptors (Lipinski definition) is 3. The molecule has 4 nitrogen and oxygen atoms in total. The van der Waals surface area contributed by atoms with Crippen molar-refractivity contribution in [2.45, 2.75) is 13.8 Å². The zero-order chi connectivity index (χ0) is 11.0. The minimum Gasteiger partial charge on any atom is -0.538 e. The molecule has 0 saturated heterocycles. The van der Waals surface area contributed by atoms with Crippen molar-refractivity contribution < 1.29 is 14.3 Å². The quantitative estimate of drug-likeness (QED) is 0.588. The van der Waals surface area contributed by atoms with Gasteiger partial charge in [-0.1, -0.05) is 11.6 Å². The summed E-state index contributed by atoms with van der Waals surface area (Å²) in [6.07, 6.45) is 0. The van der Waals surface area contributed by atoms with Crippen LogP contribution in [-0.4, -0.2) is 5.27 Å². The average Bonchev–Trinajstić information content (AvgIpc) is 2.49. The fourth-order valence-corrected chi connectivity index (χ4v) is 1.88. The summed E-state index contributed by atoms with van der Waals surface area (Å²) in [5.41, 5.74) is 3.11. The molecule has 15 heavy (non-hydrogen) atoms. The summed E-state index contributed by atoms with van der Waals surface area (Å²) in [5.74, 6) is -0.407. The Bertz CT molecular complexity index is 508. The second-order valence-corrected chi connectivity index (χ2v) is 4.37. The highest BCUT2D eigenvalue weighted by Gasteiger charge is 2.19. The molecular weight excluding hydrogens is 307 g/mol. The van der Waals surface area contributed by atoms with Crippen LogP contribution in [0.3, 0.4) is 0 Å². The van der Waals surface area contributed by atoms with Crippen LogP contribution in [0.25, 0.3) is 5.69 Å². The summed E-state index contributed by atoms with van der Waals surface area (Å²) < 4.78 is 6.55. The third kappa shape index (κ3) is 1.83. The summed E-state index contributed by atoms with van der Waals surface area (Å²) in [6, 6.07) is 5.94. The Morgan fingerprint density at radius 2 is 2.13 bits per heavy atom. The van der Waals surface area contributed by atoms with Crippen molar-refractivity contribution in [3.63, 3.8) is 0 Å². The summed E-state index contributed by atoms with van der Waals surface area (Å²) in [7, 11) is 0.